The number of aliphatic imine (C=N–C) groups is 2. The zero-order valence-corrected chi connectivity index (χ0v) is 14.0. The van der Waals surface area contributed by atoms with E-state index in [0.29, 0.717) is 38.3 Å². The van der Waals surface area contributed by atoms with E-state index in [-0.39, 0.29) is 11.9 Å². The number of hydrogen-bond acceptors (Lipinski definition) is 4. The Hall–Kier alpha value is -2.61. The fourth-order valence-electron chi connectivity index (χ4n) is 2.02. The minimum atomic E-state index is -0.577. The second-order valence-corrected chi connectivity index (χ2v) is 5.55. The zero-order valence-electron chi connectivity index (χ0n) is 14.0. The molecule has 0 heterocycles. The molecule has 0 unspecified atom stereocenters. The average Bonchev–Trinajstić information content (AvgIpc) is 2.54. The number of carbonyl (C=O) groups is 1. The zero-order chi connectivity index (χ0) is 17.9. The molecular formula is C16H27N7O. The van der Waals surface area contributed by atoms with Crippen molar-refractivity contribution in [3.8, 4) is 0 Å². The number of rotatable bonds is 9. The van der Waals surface area contributed by atoms with Crippen molar-refractivity contribution >= 4 is 17.7 Å². The molecule has 0 fully saturated rings. The van der Waals surface area contributed by atoms with Gasteiger partial charge in [0, 0.05) is 13.1 Å². The Morgan fingerprint density at radius 2 is 1.92 bits per heavy atom. The van der Waals surface area contributed by atoms with Crippen molar-refractivity contribution in [1.82, 2.24) is 5.32 Å². The lowest BCUT2D eigenvalue weighted by molar-refractivity contribution is -0.122. The highest BCUT2D eigenvalue weighted by molar-refractivity contribution is 5.81. The SMILES string of the molecule is CC(N)=NCc1cccc(CNC(=O)[C@@H](N)CCCN=C(N)N)c1. The van der Waals surface area contributed by atoms with Crippen LogP contribution in [0, 0.1) is 0 Å². The molecule has 0 saturated heterocycles. The number of carbonyl (C=O) groups excluding carboxylic acids is 1. The highest BCUT2D eigenvalue weighted by Gasteiger charge is 2.12. The van der Waals surface area contributed by atoms with E-state index in [4.69, 9.17) is 22.9 Å². The molecule has 0 aliphatic rings. The largest absolute Gasteiger partial charge is 0.388 e. The Bertz CT molecular complexity index is 590. The second kappa shape index (κ2) is 10.2. The maximum atomic E-state index is 12.0. The molecule has 0 spiro atoms. The lowest BCUT2D eigenvalue weighted by Crippen LogP contribution is -2.40. The Morgan fingerprint density at radius 3 is 2.58 bits per heavy atom. The first-order valence-corrected chi connectivity index (χ1v) is 7.81. The van der Waals surface area contributed by atoms with Crippen LogP contribution < -0.4 is 28.3 Å². The summed E-state index contributed by atoms with van der Waals surface area (Å²) in [5.74, 6) is 0.392. The van der Waals surface area contributed by atoms with E-state index < -0.39 is 6.04 Å². The molecular weight excluding hydrogens is 306 g/mol. The number of nitrogens with zero attached hydrogens (tertiary/aromatic N) is 2. The van der Waals surface area contributed by atoms with Crippen molar-refractivity contribution in [2.24, 2.45) is 32.9 Å². The van der Waals surface area contributed by atoms with Gasteiger partial charge in [-0.3, -0.25) is 14.8 Å². The summed E-state index contributed by atoms with van der Waals surface area (Å²) in [7, 11) is 0. The predicted octanol–water partition coefficient (Wildman–Crippen LogP) is -0.439. The van der Waals surface area contributed by atoms with E-state index in [1.165, 1.54) is 0 Å². The molecule has 0 aromatic heterocycles. The van der Waals surface area contributed by atoms with Crippen LogP contribution in [0.25, 0.3) is 0 Å². The molecule has 24 heavy (non-hydrogen) atoms. The van der Waals surface area contributed by atoms with Crippen molar-refractivity contribution in [3.63, 3.8) is 0 Å². The van der Waals surface area contributed by atoms with Crippen molar-refractivity contribution in [2.45, 2.75) is 38.9 Å². The molecule has 8 nitrogen and oxygen atoms in total. The molecule has 1 aromatic rings. The number of nitrogens with two attached hydrogens (primary N) is 4. The summed E-state index contributed by atoms with van der Waals surface area (Å²) in [6.07, 6.45) is 1.17. The van der Waals surface area contributed by atoms with Gasteiger partial charge in [0.25, 0.3) is 0 Å². The summed E-state index contributed by atoms with van der Waals surface area (Å²) in [5, 5.41) is 2.83. The topological polar surface area (TPSA) is 158 Å². The number of nitrogens with one attached hydrogen (secondary N) is 1. The van der Waals surface area contributed by atoms with Crippen molar-refractivity contribution in [1.29, 1.82) is 0 Å². The molecule has 0 saturated carbocycles. The Balaban J connectivity index is 2.42. The van der Waals surface area contributed by atoms with Crippen LogP contribution in [-0.2, 0) is 17.9 Å². The summed E-state index contributed by atoms with van der Waals surface area (Å²) in [6, 6.07) is 7.23. The lowest BCUT2D eigenvalue weighted by Gasteiger charge is -2.12. The van der Waals surface area contributed by atoms with Gasteiger partial charge in [-0.05, 0) is 30.9 Å². The van der Waals surface area contributed by atoms with Gasteiger partial charge >= 0.3 is 0 Å². The van der Waals surface area contributed by atoms with Crippen LogP contribution in [0.15, 0.2) is 34.3 Å². The van der Waals surface area contributed by atoms with E-state index in [1.807, 2.05) is 24.3 Å². The van der Waals surface area contributed by atoms with E-state index >= 15 is 0 Å². The quantitative estimate of drug-likeness (QED) is 0.235. The van der Waals surface area contributed by atoms with Crippen LogP contribution in [0.3, 0.4) is 0 Å². The molecule has 1 rings (SSSR count). The van der Waals surface area contributed by atoms with Crippen molar-refractivity contribution < 1.29 is 4.79 Å². The summed E-state index contributed by atoms with van der Waals surface area (Å²) in [5.41, 5.74) is 23.9. The molecule has 132 valence electrons. The third-order valence-corrected chi connectivity index (χ3v) is 3.27. The smallest absolute Gasteiger partial charge is 0.237 e. The summed E-state index contributed by atoms with van der Waals surface area (Å²) < 4.78 is 0. The minimum absolute atomic E-state index is 0.0436. The molecule has 0 aliphatic carbocycles. The van der Waals surface area contributed by atoms with E-state index in [0.717, 1.165) is 11.1 Å². The van der Waals surface area contributed by atoms with Crippen molar-refractivity contribution in [3.05, 3.63) is 35.4 Å². The first-order chi connectivity index (χ1) is 11.4. The number of benzene rings is 1. The van der Waals surface area contributed by atoms with Crippen LogP contribution in [0.1, 0.15) is 30.9 Å². The Labute approximate surface area is 142 Å². The van der Waals surface area contributed by atoms with Crippen LogP contribution in [-0.4, -0.2) is 30.3 Å². The highest BCUT2D eigenvalue weighted by atomic mass is 16.2. The van der Waals surface area contributed by atoms with Gasteiger partial charge in [0.2, 0.25) is 5.91 Å². The molecule has 1 amide bonds. The van der Waals surface area contributed by atoms with Gasteiger partial charge in [0.05, 0.1) is 18.4 Å². The van der Waals surface area contributed by atoms with Crippen molar-refractivity contribution in [2.75, 3.05) is 6.54 Å². The van der Waals surface area contributed by atoms with Gasteiger partial charge in [0.1, 0.15) is 0 Å². The van der Waals surface area contributed by atoms with Gasteiger partial charge in [0.15, 0.2) is 5.96 Å². The average molecular weight is 333 g/mol. The highest BCUT2D eigenvalue weighted by Crippen LogP contribution is 2.07. The van der Waals surface area contributed by atoms with Crippen LogP contribution in [0.4, 0.5) is 0 Å². The lowest BCUT2D eigenvalue weighted by atomic mass is 10.1. The van der Waals surface area contributed by atoms with Gasteiger partial charge in [-0.2, -0.15) is 0 Å². The van der Waals surface area contributed by atoms with Gasteiger partial charge in [-0.15, -0.1) is 0 Å². The third-order valence-electron chi connectivity index (χ3n) is 3.27. The van der Waals surface area contributed by atoms with E-state index in [1.54, 1.807) is 6.92 Å². The van der Waals surface area contributed by atoms with E-state index in [2.05, 4.69) is 15.3 Å². The fraction of sp³-hybridized carbons (Fsp3) is 0.438. The molecule has 0 radical (unpaired) electrons. The molecule has 9 N–H and O–H groups in total. The summed E-state index contributed by atoms with van der Waals surface area (Å²) in [6.45, 7) is 3.15. The third kappa shape index (κ3) is 8.14. The fourth-order valence-corrected chi connectivity index (χ4v) is 2.02. The Kier molecular flexibility index (Phi) is 8.28. The number of guanidine groups is 1. The number of amidine groups is 1. The second-order valence-electron chi connectivity index (χ2n) is 5.55. The summed E-state index contributed by atoms with van der Waals surface area (Å²) in [4.78, 5) is 20.0. The monoisotopic (exact) mass is 333 g/mol. The molecule has 0 bridgehead atoms. The van der Waals surface area contributed by atoms with Gasteiger partial charge < -0.3 is 28.3 Å². The first kappa shape index (κ1) is 19.4. The minimum Gasteiger partial charge on any atom is -0.388 e. The van der Waals surface area contributed by atoms with Gasteiger partial charge in [-0.1, -0.05) is 24.3 Å². The first-order valence-electron chi connectivity index (χ1n) is 7.81. The van der Waals surface area contributed by atoms with Crippen LogP contribution in [0.5, 0.6) is 0 Å². The predicted molar refractivity (Wildman–Crippen MR) is 97.2 cm³/mol. The summed E-state index contributed by atoms with van der Waals surface area (Å²) >= 11 is 0. The Morgan fingerprint density at radius 1 is 1.21 bits per heavy atom. The van der Waals surface area contributed by atoms with Crippen LogP contribution in [0.2, 0.25) is 0 Å². The standard InChI is InChI=1S/C16H27N7O/c1-11(17)22-9-12-4-2-5-13(8-12)10-23-15(24)14(18)6-3-7-21-16(19)20/h2,4-5,8,14H,3,6-7,9-10,18H2,1H3,(H2,17,22)(H,23,24)(H4,19,20,21)/t14-/m0/s1. The van der Waals surface area contributed by atoms with E-state index in [9.17, 15) is 4.79 Å². The molecule has 0 aliphatic heterocycles. The number of amides is 1. The molecule has 1 aromatic carbocycles. The molecule has 8 heteroatoms. The maximum Gasteiger partial charge on any atom is 0.237 e. The van der Waals surface area contributed by atoms with Gasteiger partial charge in [-0.25, -0.2) is 0 Å². The molecule has 1 atom stereocenters. The maximum absolute atomic E-state index is 12.0. The van der Waals surface area contributed by atoms with Crippen LogP contribution >= 0.6 is 0 Å². The number of hydrogen-bond donors (Lipinski definition) is 5. The normalized spacial score (nSPS) is 12.5.